The van der Waals surface area contributed by atoms with Crippen LogP contribution in [0.3, 0.4) is 0 Å². The quantitative estimate of drug-likeness (QED) is 0.823. The highest BCUT2D eigenvalue weighted by molar-refractivity contribution is 7.09. The van der Waals surface area contributed by atoms with Crippen LogP contribution in [0, 0.1) is 5.82 Å². The number of benzene rings is 1. The lowest BCUT2D eigenvalue weighted by Crippen LogP contribution is -2.31. The third-order valence-electron chi connectivity index (χ3n) is 3.52. The summed E-state index contributed by atoms with van der Waals surface area (Å²) in [6.07, 6.45) is -0.203. The Morgan fingerprint density at radius 2 is 1.92 bits per heavy atom. The summed E-state index contributed by atoms with van der Waals surface area (Å²) in [4.78, 5) is 27.8. The summed E-state index contributed by atoms with van der Waals surface area (Å²) in [5.41, 5.74) is 1.12. The van der Waals surface area contributed by atoms with Crippen LogP contribution in [0.2, 0.25) is 0 Å². The topological polar surface area (TPSA) is 79.3 Å². The zero-order valence-electron chi connectivity index (χ0n) is 14.4. The minimum absolute atomic E-state index is 0.0733. The first-order valence-electron chi connectivity index (χ1n) is 7.86. The molecule has 0 fully saturated rings. The van der Waals surface area contributed by atoms with Crippen LogP contribution in [0.5, 0.6) is 0 Å². The van der Waals surface area contributed by atoms with Gasteiger partial charge < -0.3 is 10.4 Å². The molecule has 0 saturated heterocycles. The van der Waals surface area contributed by atoms with Crippen LogP contribution in [-0.2, 0) is 21.4 Å². The van der Waals surface area contributed by atoms with Gasteiger partial charge in [-0.3, -0.25) is 9.59 Å². The number of hydrogen-bond acceptors (Lipinski definition) is 4. The Morgan fingerprint density at radius 1 is 1.28 bits per heavy atom. The molecule has 0 bridgehead atoms. The fourth-order valence-corrected chi connectivity index (χ4v) is 3.17. The van der Waals surface area contributed by atoms with Gasteiger partial charge in [-0.2, -0.15) is 0 Å². The Balaban J connectivity index is 2.07. The molecule has 134 valence electrons. The maximum absolute atomic E-state index is 13.1. The molecule has 2 rings (SSSR count). The van der Waals surface area contributed by atoms with Crippen molar-refractivity contribution in [2.45, 2.75) is 45.1 Å². The molecular weight excluding hydrogens is 343 g/mol. The summed E-state index contributed by atoms with van der Waals surface area (Å²) < 4.78 is 13.1. The Labute approximate surface area is 149 Å². The van der Waals surface area contributed by atoms with Crippen molar-refractivity contribution in [3.8, 4) is 0 Å². The van der Waals surface area contributed by atoms with Crippen molar-refractivity contribution in [1.29, 1.82) is 0 Å². The largest absolute Gasteiger partial charge is 0.481 e. The molecule has 2 aromatic rings. The molecule has 2 N–H and O–H groups in total. The highest BCUT2D eigenvalue weighted by atomic mass is 32.1. The molecule has 7 heteroatoms. The lowest BCUT2D eigenvalue weighted by molar-refractivity contribution is -0.137. The molecule has 0 radical (unpaired) electrons. The van der Waals surface area contributed by atoms with Gasteiger partial charge in [0, 0.05) is 10.8 Å². The van der Waals surface area contributed by atoms with Crippen LogP contribution in [0.25, 0.3) is 0 Å². The number of aliphatic carboxylic acids is 1. The van der Waals surface area contributed by atoms with Crippen LogP contribution < -0.4 is 5.32 Å². The Hall–Kier alpha value is -2.28. The van der Waals surface area contributed by atoms with Gasteiger partial charge in [0.2, 0.25) is 5.91 Å². The second-order valence-electron chi connectivity index (χ2n) is 6.84. The molecule has 5 nitrogen and oxygen atoms in total. The van der Waals surface area contributed by atoms with Gasteiger partial charge in [0.05, 0.1) is 29.6 Å². The van der Waals surface area contributed by atoms with E-state index in [-0.39, 0.29) is 24.2 Å². The molecular formula is C18H21FN2O3S. The molecule has 0 aliphatic carbocycles. The Kier molecular flexibility index (Phi) is 5.89. The molecule has 0 aliphatic rings. The maximum atomic E-state index is 13.1. The summed E-state index contributed by atoms with van der Waals surface area (Å²) in [5.74, 6) is -1.78. The van der Waals surface area contributed by atoms with Crippen LogP contribution in [0.4, 0.5) is 4.39 Å². The van der Waals surface area contributed by atoms with Gasteiger partial charge in [-0.15, -0.1) is 11.3 Å². The van der Waals surface area contributed by atoms with Crippen LogP contribution >= 0.6 is 11.3 Å². The number of carboxylic acids is 1. The molecule has 1 amide bonds. The first kappa shape index (κ1) is 19.1. The van der Waals surface area contributed by atoms with E-state index in [1.165, 1.54) is 35.6 Å². The third-order valence-corrected chi connectivity index (χ3v) is 4.84. The van der Waals surface area contributed by atoms with E-state index >= 15 is 0 Å². The average molecular weight is 364 g/mol. The van der Waals surface area contributed by atoms with Crippen LogP contribution in [0.1, 0.15) is 49.5 Å². The standard InChI is InChI=1S/C18H21FN2O3S/c1-18(2,3)17-20-13(10-25-17)8-15(22)21-14(9-16(23)24)11-4-6-12(19)7-5-11/h4-7,10,14H,8-9H2,1-3H3,(H,21,22)(H,23,24). The zero-order chi connectivity index (χ0) is 18.6. The summed E-state index contributed by atoms with van der Waals surface area (Å²) in [5, 5.41) is 14.5. The number of halogens is 1. The van der Waals surface area contributed by atoms with Crippen molar-refractivity contribution >= 4 is 23.2 Å². The van der Waals surface area contributed by atoms with E-state index in [1.54, 1.807) is 0 Å². The van der Waals surface area contributed by atoms with Gasteiger partial charge in [-0.05, 0) is 17.7 Å². The average Bonchev–Trinajstić information content (AvgIpc) is 2.95. The van der Waals surface area contributed by atoms with Gasteiger partial charge in [0.25, 0.3) is 0 Å². The number of carboxylic acid groups (broad SMARTS) is 1. The van der Waals surface area contributed by atoms with E-state index in [1.807, 2.05) is 26.2 Å². The van der Waals surface area contributed by atoms with Crippen molar-refractivity contribution in [1.82, 2.24) is 10.3 Å². The minimum Gasteiger partial charge on any atom is -0.481 e. The number of carbonyl (C=O) groups excluding carboxylic acids is 1. The first-order valence-corrected chi connectivity index (χ1v) is 8.74. The number of thiazole rings is 1. The van der Waals surface area contributed by atoms with E-state index in [4.69, 9.17) is 5.11 Å². The van der Waals surface area contributed by atoms with Crippen molar-refractivity contribution in [2.24, 2.45) is 0 Å². The van der Waals surface area contributed by atoms with Crippen molar-refractivity contribution < 1.29 is 19.1 Å². The Bertz CT molecular complexity index is 750. The number of amides is 1. The Morgan fingerprint density at radius 3 is 2.44 bits per heavy atom. The SMILES string of the molecule is CC(C)(C)c1nc(CC(=O)NC(CC(=O)O)c2ccc(F)cc2)cs1. The van der Waals surface area contributed by atoms with Gasteiger partial charge in [-0.1, -0.05) is 32.9 Å². The van der Waals surface area contributed by atoms with E-state index in [0.717, 1.165) is 5.01 Å². The molecule has 1 aromatic carbocycles. The molecule has 1 atom stereocenters. The normalized spacial score (nSPS) is 12.6. The van der Waals surface area contributed by atoms with Crippen LogP contribution in [-0.4, -0.2) is 22.0 Å². The van der Waals surface area contributed by atoms with Gasteiger partial charge in [-0.25, -0.2) is 9.37 Å². The molecule has 1 aromatic heterocycles. The molecule has 0 aliphatic heterocycles. The lowest BCUT2D eigenvalue weighted by Gasteiger charge is -2.17. The van der Waals surface area contributed by atoms with E-state index in [0.29, 0.717) is 11.3 Å². The summed E-state index contributed by atoms with van der Waals surface area (Å²) >= 11 is 1.50. The van der Waals surface area contributed by atoms with Crippen molar-refractivity contribution in [3.63, 3.8) is 0 Å². The van der Waals surface area contributed by atoms with E-state index in [2.05, 4.69) is 10.3 Å². The maximum Gasteiger partial charge on any atom is 0.305 e. The molecule has 25 heavy (non-hydrogen) atoms. The summed E-state index contributed by atoms with van der Waals surface area (Å²) in [7, 11) is 0. The number of aromatic nitrogens is 1. The molecule has 0 saturated carbocycles. The molecule has 1 heterocycles. The predicted molar refractivity (Wildman–Crippen MR) is 94.1 cm³/mol. The number of carbonyl (C=O) groups is 2. The van der Waals surface area contributed by atoms with Crippen molar-refractivity contribution in [3.05, 3.63) is 51.7 Å². The van der Waals surface area contributed by atoms with Gasteiger partial charge >= 0.3 is 5.97 Å². The first-order chi connectivity index (χ1) is 11.6. The van der Waals surface area contributed by atoms with E-state index < -0.39 is 17.8 Å². The smallest absolute Gasteiger partial charge is 0.305 e. The van der Waals surface area contributed by atoms with Crippen LogP contribution in [0.15, 0.2) is 29.6 Å². The number of hydrogen-bond donors (Lipinski definition) is 2. The number of nitrogens with zero attached hydrogens (tertiary/aromatic N) is 1. The fraction of sp³-hybridized carbons (Fsp3) is 0.389. The number of nitrogens with one attached hydrogen (secondary N) is 1. The van der Waals surface area contributed by atoms with Gasteiger partial charge in [0.1, 0.15) is 5.82 Å². The minimum atomic E-state index is -1.04. The second kappa shape index (κ2) is 7.74. The second-order valence-corrected chi connectivity index (χ2v) is 7.70. The zero-order valence-corrected chi connectivity index (χ0v) is 15.2. The predicted octanol–water partition coefficient (Wildman–Crippen LogP) is 3.45. The highest BCUT2D eigenvalue weighted by Gasteiger charge is 2.21. The highest BCUT2D eigenvalue weighted by Crippen LogP contribution is 2.26. The monoisotopic (exact) mass is 364 g/mol. The fourth-order valence-electron chi connectivity index (χ4n) is 2.26. The van der Waals surface area contributed by atoms with E-state index in [9.17, 15) is 14.0 Å². The molecule has 0 spiro atoms. The number of rotatable bonds is 6. The third kappa shape index (κ3) is 5.63. The summed E-state index contributed by atoms with van der Waals surface area (Å²) in [6, 6.07) is 4.72. The van der Waals surface area contributed by atoms with Gasteiger partial charge in [0.15, 0.2) is 0 Å². The van der Waals surface area contributed by atoms with Crippen molar-refractivity contribution in [2.75, 3.05) is 0 Å². The summed E-state index contributed by atoms with van der Waals surface area (Å²) in [6.45, 7) is 6.15. The molecule has 1 unspecified atom stereocenters. The lowest BCUT2D eigenvalue weighted by atomic mass is 9.98.